The first kappa shape index (κ1) is 37.6. The van der Waals surface area contributed by atoms with E-state index >= 15 is 0 Å². The molecule has 3 heterocycles. The molecule has 1 aliphatic rings. The van der Waals surface area contributed by atoms with Crippen LogP contribution in [0.2, 0.25) is 0 Å². The van der Waals surface area contributed by atoms with Gasteiger partial charge in [-0.3, -0.25) is 14.5 Å². The van der Waals surface area contributed by atoms with E-state index in [2.05, 4.69) is 10.6 Å². The summed E-state index contributed by atoms with van der Waals surface area (Å²) in [5.41, 5.74) is 2.85. The van der Waals surface area contributed by atoms with Gasteiger partial charge < -0.3 is 34.0 Å². The molecule has 12 heteroatoms. The van der Waals surface area contributed by atoms with Gasteiger partial charge in [-0.25, -0.2) is 9.59 Å². The van der Waals surface area contributed by atoms with Crippen molar-refractivity contribution in [1.29, 1.82) is 0 Å². The quantitative estimate of drug-likeness (QED) is 0.136. The zero-order valence-electron chi connectivity index (χ0n) is 30.2. The molecule has 5 aromatic rings. The summed E-state index contributed by atoms with van der Waals surface area (Å²) in [6, 6.07) is 21.0. The molecular weight excluding hydrogens is 666 g/mol. The molecule has 3 N–H and O–H groups in total. The Kier molecular flexibility index (Phi) is 11.4. The zero-order chi connectivity index (χ0) is 37.6. The summed E-state index contributed by atoms with van der Waals surface area (Å²) >= 11 is 0. The molecule has 0 fully saturated rings. The van der Waals surface area contributed by atoms with Crippen molar-refractivity contribution in [1.82, 2.24) is 15.5 Å². The zero-order valence-corrected chi connectivity index (χ0v) is 30.2. The first-order chi connectivity index (χ1) is 24.6. The van der Waals surface area contributed by atoms with Crippen molar-refractivity contribution in [3.63, 3.8) is 0 Å². The Balaban J connectivity index is 0.000000217. The van der Waals surface area contributed by atoms with Crippen LogP contribution in [0.15, 0.2) is 94.2 Å². The number of amides is 4. The maximum absolute atomic E-state index is 12.8. The minimum absolute atomic E-state index is 0.0189. The number of furan rings is 2. The third-order valence-corrected chi connectivity index (χ3v) is 8.00. The lowest BCUT2D eigenvalue weighted by atomic mass is 10.0. The number of carbonyl (C=O) groups is 4. The van der Waals surface area contributed by atoms with Crippen molar-refractivity contribution >= 4 is 45.9 Å². The molecule has 0 aliphatic carbocycles. The fourth-order valence-electron chi connectivity index (χ4n) is 5.81. The lowest BCUT2D eigenvalue weighted by Gasteiger charge is -2.26. The second kappa shape index (κ2) is 15.7. The van der Waals surface area contributed by atoms with Crippen LogP contribution in [0.1, 0.15) is 73.4 Å². The molecule has 12 nitrogen and oxygen atoms in total. The summed E-state index contributed by atoms with van der Waals surface area (Å²) in [4.78, 5) is 51.0. The van der Waals surface area contributed by atoms with Gasteiger partial charge in [-0.15, -0.1) is 0 Å². The number of fused-ring (bicyclic) bond motifs is 3. The average molecular weight is 712 g/mol. The first-order valence-electron chi connectivity index (χ1n) is 17.1. The summed E-state index contributed by atoms with van der Waals surface area (Å²) in [5.74, 6) is -0.734. The number of aliphatic hydroxyl groups excluding tert-OH is 1. The van der Waals surface area contributed by atoms with Crippen LogP contribution in [0.4, 0.5) is 9.59 Å². The lowest BCUT2D eigenvalue weighted by Crippen LogP contribution is -2.48. The number of nitrogens with one attached hydrogen (secondary N) is 2. The Morgan fingerprint density at radius 3 is 1.52 bits per heavy atom. The average Bonchev–Trinajstić information content (AvgIpc) is 3.74. The molecule has 52 heavy (non-hydrogen) atoms. The van der Waals surface area contributed by atoms with E-state index in [9.17, 15) is 24.3 Å². The number of hydrogen-bond acceptors (Lipinski definition) is 9. The van der Waals surface area contributed by atoms with Crippen LogP contribution in [-0.4, -0.2) is 70.4 Å². The molecular formula is C40H45N3O9. The predicted molar refractivity (Wildman–Crippen MR) is 195 cm³/mol. The number of aliphatic hydroxyl groups is 1. The van der Waals surface area contributed by atoms with Crippen LogP contribution in [0, 0.1) is 0 Å². The van der Waals surface area contributed by atoms with Gasteiger partial charge in [0, 0.05) is 21.9 Å². The molecule has 0 saturated heterocycles. The van der Waals surface area contributed by atoms with Gasteiger partial charge in [0.15, 0.2) is 0 Å². The van der Waals surface area contributed by atoms with Gasteiger partial charge in [-0.2, -0.15) is 0 Å². The monoisotopic (exact) mass is 711 g/mol. The number of imide groups is 1. The molecule has 2 aromatic heterocycles. The van der Waals surface area contributed by atoms with E-state index in [1.165, 1.54) is 4.90 Å². The molecule has 1 aliphatic heterocycles. The van der Waals surface area contributed by atoms with E-state index in [0.29, 0.717) is 24.0 Å². The van der Waals surface area contributed by atoms with E-state index in [1.807, 2.05) is 48.5 Å². The Hall–Kier alpha value is -5.62. The number of benzene rings is 3. The van der Waals surface area contributed by atoms with Gasteiger partial charge in [-0.1, -0.05) is 48.5 Å². The second-order valence-corrected chi connectivity index (χ2v) is 14.6. The number of alkyl carbamates (subject to hydrolysis) is 2. The van der Waals surface area contributed by atoms with Crippen molar-refractivity contribution in [2.75, 3.05) is 13.2 Å². The molecule has 6 rings (SSSR count). The van der Waals surface area contributed by atoms with Gasteiger partial charge in [0.25, 0.3) is 11.8 Å². The molecule has 0 bridgehead atoms. The summed E-state index contributed by atoms with van der Waals surface area (Å²) in [5, 5.41) is 16.8. The topological polar surface area (TPSA) is 161 Å². The molecule has 4 amide bonds. The van der Waals surface area contributed by atoms with Crippen molar-refractivity contribution in [3.05, 3.63) is 108 Å². The fraction of sp³-hybridized carbons (Fsp3) is 0.350. The van der Waals surface area contributed by atoms with E-state index in [1.54, 1.807) is 78.3 Å². The van der Waals surface area contributed by atoms with E-state index in [-0.39, 0.29) is 25.0 Å². The second-order valence-electron chi connectivity index (χ2n) is 14.6. The predicted octanol–water partition coefficient (Wildman–Crippen LogP) is 7.03. The minimum atomic E-state index is -0.674. The van der Waals surface area contributed by atoms with Crippen LogP contribution >= 0.6 is 0 Å². The van der Waals surface area contributed by atoms with Crippen molar-refractivity contribution in [3.8, 4) is 0 Å². The Morgan fingerprint density at radius 1 is 0.673 bits per heavy atom. The molecule has 0 spiro atoms. The molecule has 0 saturated carbocycles. The fourth-order valence-corrected chi connectivity index (χ4v) is 5.81. The highest BCUT2D eigenvalue weighted by Crippen LogP contribution is 2.26. The SMILES string of the molecule is CC(C)(C)OC(=O)N[C@@H](CO)Cc1coc2ccccc12.CC(C)(C)OC(=O)N[C@H](Cc1coc2ccccc12)CN1C(=O)c2ccccc2C1=O. The third kappa shape index (κ3) is 9.58. The third-order valence-electron chi connectivity index (χ3n) is 8.00. The molecule has 0 radical (unpaired) electrons. The number of para-hydroxylation sites is 2. The summed E-state index contributed by atoms with van der Waals surface area (Å²) in [6.45, 7) is 10.6. The summed E-state index contributed by atoms with van der Waals surface area (Å²) < 4.78 is 21.6. The first-order valence-corrected chi connectivity index (χ1v) is 17.1. The number of carbonyl (C=O) groups excluding carboxylic acids is 4. The normalized spacial score (nSPS) is 14.0. The van der Waals surface area contributed by atoms with Crippen molar-refractivity contribution in [2.45, 2.75) is 77.7 Å². The maximum atomic E-state index is 12.8. The van der Waals surface area contributed by atoms with Crippen LogP contribution in [0.3, 0.4) is 0 Å². The summed E-state index contributed by atoms with van der Waals surface area (Å²) in [7, 11) is 0. The number of rotatable bonds is 9. The Labute approximate surface area is 302 Å². The van der Waals surface area contributed by atoms with Gasteiger partial charge >= 0.3 is 12.2 Å². The van der Waals surface area contributed by atoms with Crippen LogP contribution in [-0.2, 0) is 22.3 Å². The number of ether oxygens (including phenoxy) is 2. The van der Waals surface area contributed by atoms with E-state index in [4.69, 9.17) is 18.3 Å². The standard InChI is InChI=1S/C24H24N2O5.C16H21NO4/c1-24(2,3)31-23(29)25-16(12-15-14-30-20-11-7-6-8-17(15)20)13-26-21(27)18-9-4-5-10-19(18)22(26)28;1-16(2,3)21-15(19)17-12(9-18)8-11-10-20-14-7-5-4-6-13(11)14/h4-11,14,16H,12-13H2,1-3H3,(H,25,29);4-7,10,12,18H,8-9H2,1-3H3,(H,17,19)/t16-;12-/m11/s1. The van der Waals surface area contributed by atoms with Crippen LogP contribution in [0.5, 0.6) is 0 Å². The highest BCUT2D eigenvalue weighted by molar-refractivity contribution is 6.21. The van der Waals surface area contributed by atoms with Crippen molar-refractivity contribution < 1.29 is 42.6 Å². The van der Waals surface area contributed by atoms with Gasteiger partial charge in [0.2, 0.25) is 0 Å². The highest BCUT2D eigenvalue weighted by Gasteiger charge is 2.37. The smallest absolute Gasteiger partial charge is 0.407 e. The highest BCUT2D eigenvalue weighted by atomic mass is 16.6. The van der Waals surface area contributed by atoms with Crippen LogP contribution in [0.25, 0.3) is 21.9 Å². The molecule has 2 atom stereocenters. The Bertz CT molecular complexity index is 2020. The largest absolute Gasteiger partial charge is 0.464 e. The van der Waals surface area contributed by atoms with Crippen molar-refractivity contribution in [2.24, 2.45) is 0 Å². The maximum Gasteiger partial charge on any atom is 0.407 e. The Morgan fingerprint density at radius 2 is 1.08 bits per heavy atom. The molecule has 3 aromatic carbocycles. The lowest BCUT2D eigenvalue weighted by molar-refractivity contribution is 0.0466. The van der Waals surface area contributed by atoms with Crippen LogP contribution < -0.4 is 10.6 Å². The minimum Gasteiger partial charge on any atom is -0.464 e. The van der Waals surface area contributed by atoms with E-state index in [0.717, 1.165) is 33.1 Å². The molecule has 274 valence electrons. The van der Waals surface area contributed by atoms with Gasteiger partial charge in [0.05, 0.1) is 48.9 Å². The molecule has 0 unspecified atom stereocenters. The van der Waals surface area contributed by atoms with Gasteiger partial charge in [-0.05, 0) is 78.6 Å². The summed E-state index contributed by atoms with van der Waals surface area (Å²) in [6.07, 6.45) is 2.99. The van der Waals surface area contributed by atoms with E-state index < -0.39 is 35.5 Å². The number of nitrogens with zero attached hydrogens (tertiary/aromatic N) is 1. The van der Waals surface area contributed by atoms with Gasteiger partial charge in [0.1, 0.15) is 22.4 Å². The number of hydrogen-bond donors (Lipinski definition) is 3.